The molecule has 0 aliphatic heterocycles. The van der Waals surface area contributed by atoms with E-state index in [4.69, 9.17) is 4.74 Å². The van der Waals surface area contributed by atoms with Gasteiger partial charge in [0.1, 0.15) is 0 Å². The molecule has 0 fully saturated rings. The van der Waals surface area contributed by atoms with Gasteiger partial charge < -0.3 is 4.74 Å². The van der Waals surface area contributed by atoms with Gasteiger partial charge in [-0.3, -0.25) is 4.79 Å². The fourth-order valence-corrected chi connectivity index (χ4v) is 2.19. The van der Waals surface area contributed by atoms with E-state index in [-0.39, 0.29) is 17.3 Å². The molecule has 0 amide bonds. The molecular formula is C14H24O2. The second-order valence-electron chi connectivity index (χ2n) is 5.84. The number of ether oxygens (including phenoxy) is 1. The van der Waals surface area contributed by atoms with Gasteiger partial charge in [-0.05, 0) is 18.3 Å². The second-order valence-corrected chi connectivity index (χ2v) is 5.84. The molecular weight excluding hydrogens is 200 g/mol. The summed E-state index contributed by atoms with van der Waals surface area (Å²) in [6.45, 7) is 13.2. The molecule has 16 heavy (non-hydrogen) atoms. The van der Waals surface area contributed by atoms with Gasteiger partial charge in [-0.1, -0.05) is 46.3 Å². The zero-order chi connectivity index (χ0) is 12.5. The van der Waals surface area contributed by atoms with Gasteiger partial charge in [0, 0.05) is 5.92 Å². The molecule has 2 heteroatoms. The quantitative estimate of drug-likeness (QED) is 0.542. The Hall–Kier alpha value is -0.790. The van der Waals surface area contributed by atoms with Crippen molar-refractivity contribution in [3.8, 4) is 0 Å². The fourth-order valence-electron chi connectivity index (χ4n) is 2.19. The van der Waals surface area contributed by atoms with Crippen molar-refractivity contribution in [2.45, 2.75) is 41.5 Å². The van der Waals surface area contributed by atoms with Gasteiger partial charge in [0.05, 0.1) is 12.5 Å². The minimum Gasteiger partial charge on any atom is -0.465 e. The topological polar surface area (TPSA) is 26.3 Å². The van der Waals surface area contributed by atoms with Crippen molar-refractivity contribution in [2.75, 3.05) is 6.61 Å². The summed E-state index contributed by atoms with van der Waals surface area (Å²) >= 11 is 0. The molecule has 0 aromatic heterocycles. The smallest absolute Gasteiger partial charge is 0.308 e. The van der Waals surface area contributed by atoms with Gasteiger partial charge in [0.2, 0.25) is 0 Å². The summed E-state index contributed by atoms with van der Waals surface area (Å²) in [5.41, 5.74) is 1.61. The molecule has 1 rings (SSSR count). The minimum absolute atomic E-state index is 0.0352. The summed E-state index contributed by atoms with van der Waals surface area (Å²) in [5.74, 6) is 0.786. The van der Waals surface area contributed by atoms with Crippen molar-refractivity contribution >= 4 is 5.97 Å². The van der Waals surface area contributed by atoms with Crippen LogP contribution in [0, 0.1) is 23.2 Å². The largest absolute Gasteiger partial charge is 0.465 e. The maximum atomic E-state index is 11.4. The lowest BCUT2D eigenvalue weighted by Crippen LogP contribution is -2.29. The van der Waals surface area contributed by atoms with Gasteiger partial charge in [-0.15, -0.1) is 0 Å². The van der Waals surface area contributed by atoms with Crippen LogP contribution in [0.2, 0.25) is 0 Å². The molecule has 0 bridgehead atoms. The van der Waals surface area contributed by atoms with E-state index in [9.17, 15) is 4.79 Å². The van der Waals surface area contributed by atoms with E-state index in [2.05, 4.69) is 33.8 Å². The van der Waals surface area contributed by atoms with Crippen LogP contribution in [0.1, 0.15) is 41.5 Å². The molecule has 1 aliphatic rings. The third-order valence-corrected chi connectivity index (χ3v) is 4.10. The number of allylic oxidation sites excluding steroid dienone is 1. The van der Waals surface area contributed by atoms with Crippen LogP contribution in [0.3, 0.4) is 0 Å². The first-order valence-corrected chi connectivity index (χ1v) is 6.11. The van der Waals surface area contributed by atoms with Crippen LogP contribution >= 0.6 is 0 Å². The monoisotopic (exact) mass is 224 g/mol. The van der Waals surface area contributed by atoms with Crippen molar-refractivity contribution in [2.24, 2.45) is 23.2 Å². The maximum absolute atomic E-state index is 11.4. The summed E-state index contributed by atoms with van der Waals surface area (Å²) in [7, 11) is 0. The molecule has 1 aliphatic carbocycles. The van der Waals surface area contributed by atoms with E-state index >= 15 is 0 Å². The molecule has 0 heterocycles. The van der Waals surface area contributed by atoms with Crippen LogP contribution < -0.4 is 0 Å². The molecule has 0 radical (unpaired) electrons. The van der Waals surface area contributed by atoms with Crippen molar-refractivity contribution in [3.05, 3.63) is 11.6 Å². The van der Waals surface area contributed by atoms with Crippen LogP contribution in [-0.2, 0) is 9.53 Å². The number of hydrogen-bond acceptors (Lipinski definition) is 2. The minimum atomic E-state index is -0.0959. The van der Waals surface area contributed by atoms with E-state index in [1.165, 1.54) is 5.57 Å². The Balaban J connectivity index is 2.59. The highest BCUT2D eigenvalue weighted by atomic mass is 16.5. The zero-order valence-corrected chi connectivity index (χ0v) is 11.3. The van der Waals surface area contributed by atoms with E-state index in [1.807, 2.05) is 13.8 Å². The third kappa shape index (κ3) is 2.47. The predicted molar refractivity (Wildman–Crippen MR) is 66.0 cm³/mol. The lowest BCUT2D eigenvalue weighted by Gasteiger charge is -2.32. The van der Waals surface area contributed by atoms with Gasteiger partial charge >= 0.3 is 5.97 Å². The molecule has 2 atom stereocenters. The molecule has 0 aromatic rings. The van der Waals surface area contributed by atoms with Crippen LogP contribution in [-0.4, -0.2) is 12.6 Å². The Labute approximate surface area is 99.1 Å². The molecule has 0 aromatic carbocycles. The zero-order valence-electron chi connectivity index (χ0n) is 11.3. The van der Waals surface area contributed by atoms with Gasteiger partial charge in [0.25, 0.3) is 0 Å². The number of carbonyl (C=O) groups excluding carboxylic acids is 1. The number of hydrogen-bond donors (Lipinski definition) is 0. The number of rotatable bonds is 3. The summed E-state index contributed by atoms with van der Waals surface area (Å²) in [6.07, 6.45) is 2.26. The molecule has 2 nitrogen and oxygen atoms in total. The SMILES string of the molecule is CC1=CC(COC(=O)C(C)C)C(C)(C)[C@@H]1C. The first kappa shape index (κ1) is 13.3. The molecule has 0 N–H and O–H groups in total. The van der Waals surface area contributed by atoms with E-state index in [0.717, 1.165) is 0 Å². The summed E-state index contributed by atoms with van der Waals surface area (Å²) in [4.78, 5) is 11.4. The lowest BCUT2D eigenvalue weighted by atomic mass is 9.74. The predicted octanol–water partition coefficient (Wildman–Crippen LogP) is 3.42. The van der Waals surface area contributed by atoms with Crippen LogP contribution in [0.15, 0.2) is 11.6 Å². The summed E-state index contributed by atoms with van der Waals surface area (Å²) < 4.78 is 5.34. The Morgan fingerprint density at radius 1 is 1.50 bits per heavy atom. The second kappa shape index (κ2) is 4.60. The molecule has 0 spiro atoms. The molecule has 0 saturated heterocycles. The normalized spacial score (nSPS) is 28.1. The third-order valence-electron chi connectivity index (χ3n) is 4.10. The van der Waals surface area contributed by atoms with Gasteiger partial charge in [-0.2, -0.15) is 0 Å². The Bertz CT molecular complexity index is 300. The Morgan fingerprint density at radius 2 is 2.06 bits per heavy atom. The maximum Gasteiger partial charge on any atom is 0.308 e. The molecule has 92 valence electrons. The Morgan fingerprint density at radius 3 is 2.44 bits per heavy atom. The van der Waals surface area contributed by atoms with Gasteiger partial charge in [0.15, 0.2) is 0 Å². The standard InChI is InChI=1S/C14H24O2/c1-9(2)13(15)16-8-12-7-10(3)11(4)14(12,5)6/h7,9,11-12H,8H2,1-6H3/t11-,12?/m1/s1. The van der Waals surface area contributed by atoms with E-state index in [0.29, 0.717) is 18.4 Å². The van der Waals surface area contributed by atoms with Gasteiger partial charge in [-0.25, -0.2) is 0 Å². The average Bonchev–Trinajstić information content (AvgIpc) is 2.38. The summed E-state index contributed by atoms with van der Waals surface area (Å²) in [5, 5.41) is 0. The highest BCUT2D eigenvalue weighted by Crippen LogP contribution is 2.46. The van der Waals surface area contributed by atoms with E-state index < -0.39 is 0 Å². The van der Waals surface area contributed by atoms with Crippen molar-refractivity contribution < 1.29 is 9.53 Å². The van der Waals surface area contributed by atoms with Crippen LogP contribution in [0.4, 0.5) is 0 Å². The van der Waals surface area contributed by atoms with Crippen molar-refractivity contribution in [1.29, 1.82) is 0 Å². The molecule has 1 unspecified atom stereocenters. The molecule has 0 saturated carbocycles. The van der Waals surface area contributed by atoms with E-state index in [1.54, 1.807) is 0 Å². The first-order valence-electron chi connectivity index (χ1n) is 6.11. The lowest BCUT2D eigenvalue weighted by molar-refractivity contribution is -0.149. The fraction of sp³-hybridized carbons (Fsp3) is 0.786. The highest BCUT2D eigenvalue weighted by Gasteiger charge is 2.40. The average molecular weight is 224 g/mol. The van der Waals surface area contributed by atoms with Crippen molar-refractivity contribution in [1.82, 2.24) is 0 Å². The Kier molecular flexibility index (Phi) is 3.82. The highest BCUT2D eigenvalue weighted by molar-refractivity contribution is 5.71. The number of esters is 1. The summed E-state index contributed by atoms with van der Waals surface area (Å²) in [6, 6.07) is 0. The van der Waals surface area contributed by atoms with Crippen LogP contribution in [0.5, 0.6) is 0 Å². The van der Waals surface area contributed by atoms with Crippen molar-refractivity contribution in [3.63, 3.8) is 0 Å². The van der Waals surface area contributed by atoms with Crippen LogP contribution in [0.25, 0.3) is 0 Å². The first-order chi connectivity index (χ1) is 7.26. The number of carbonyl (C=O) groups is 1.